The fourth-order valence-electron chi connectivity index (χ4n) is 1.41. The van der Waals surface area contributed by atoms with Crippen molar-refractivity contribution in [2.24, 2.45) is 10.8 Å². The number of aliphatic imine (C=N–C) groups is 1. The maximum Gasteiger partial charge on any atom is 0.205 e. The van der Waals surface area contributed by atoms with E-state index < -0.39 is 0 Å². The minimum absolute atomic E-state index is 0.0458. The highest BCUT2D eigenvalue weighted by atomic mass is 32.1. The number of nitrogens with zero attached hydrogens (tertiary/aromatic N) is 1. The molecule has 1 aromatic rings. The normalized spacial score (nSPS) is 12.6. The Morgan fingerprint density at radius 3 is 2.82 bits per heavy atom. The molecular formula is C12H22N4S. The Morgan fingerprint density at radius 1 is 1.53 bits per heavy atom. The summed E-state index contributed by atoms with van der Waals surface area (Å²) in [6, 6.07) is 4.22. The van der Waals surface area contributed by atoms with E-state index in [1.807, 2.05) is 0 Å². The van der Waals surface area contributed by atoms with E-state index in [0.29, 0.717) is 12.5 Å². The van der Waals surface area contributed by atoms with Crippen molar-refractivity contribution in [3.8, 4) is 0 Å². The van der Waals surface area contributed by atoms with Gasteiger partial charge in [0.15, 0.2) is 0 Å². The SMILES string of the molecule is CCCNC(=NCC(C)(C)c1cccs1)NN. The van der Waals surface area contributed by atoms with Crippen molar-refractivity contribution in [2.75, 3.05) is 13.1 Å². The van der Waals surface area contributed by atoms with Crippen molar-refractivity contribution < 1.29 is 0 Å². The summed E-state index contributed by atoms with van der Waals surface area (Å²) in [5, 5.41) is 5.25. The van der Waals surface area contributed by atoms with Gasteiger partial charge in [-0.15, -0.1) is 11.3 Å². The van der Waals surface area contributed by atoms with Gasteiger partial charge < -0.3 is 5.32 Å². The predicted octanol–water partition coefficient (Wildman–Crippen LogP) is 1.84. The van der Waals surface area contributed by atoms with Crippen LogP contribution in [0.5, 0.6) is 0 Å². The van der Waals surface area contributed by atoms with Crippen molar-refractivity contribution in [3.05, 3.63) is 22.4 Å². The summed E-state index contributed by atoms with van der Waals surface area (Å²) in [5.74, 6) is 6.08. The second kappa shape index (κ2) is 6.61. The van der Waals surface area contributed by atoms with Gasteiger partial charge in [-0.1, -0.05) is 26.8 Å². The molecular weight excluding hydrogens is 232 g/mol. The van der Waals surface area contributed by atoms with E-state index in [0.717, 1.165) is 13.0 Å². The fourth-order valence-corrected chi connectivity index (χ4v) is 2.26. The second-order valence-corrected chi connectivity index (χ2v) is 5.54. The van der Waals surface area contributed by atoms with Gasteiger partial charge in [0.2, 0.25) is 5.96 Å². The van der Waals surface area contributed by atoms with Gasteiger partial charge in [0.1, 0.15) is 0 Å². The van der Waals surface area contributed by atoms with Crippen LogP contribution in [0.1, 0.15) is 32.1 Å². The Balaban J connectivity index is 2.60. The van der Waals surface area contributed by atoms with Crippen molar-refractivity contribution in [1.29, 1.82) is 0 Å². The Bertz CT molecular complexity index is 343. The summed E-state index contributed by atoms with van der Waals surface area (Å²) in [5.41, 5.74) is 2.64. The molecule has 0 aromatic carbocycles. The van der Waals surface area contributed by atoms with E-state index in [4.69, 9.17) is 5.84 Å². The number of nitrogens with two attached hydrogens (primary N) is 1. The van der Waals surface area contributed by atoms with E-state index in [2.05, 4.69) is 54.0 Å². The van der Waals surface area contributed by atoms with Crippen LogP contribution in [0.2, 0.25) is 0 Å². The first-order chi connectivity index (χ1) is 8.10. The lowest BCUT2D eigenvalue weighted by molar-refractivity contribution is 0.548. The lowest BCUT2D eigenvalue weighted by Crippen LogP contribution is -2.42. The molecule has 5 heteroatoms. The van der Waals surface area contributed by atoms with Crippen molar-refractivity contribution in [2.45, 2.75) is 32.6 Å². The van der Waals surface area contributed by atoms with Crippen LogP contribution in [0.3, 0.4) is 0 Å². The van der Waals surface area contributed by atoms with E-state index >= 15 is 0 Å². The lowest BCUT2D eigenvalue weighted by atomic mass is 9.92. The number of hydrogen-bond donors (Lipinski definition) is 3. The molecule has 0 aliphatic carbocycles. The molecule has 96 valence electrons. The number of rotatable bonds is 5. The highest BCUT2D eigenvalue weighted by Crippen LogP contribution is 2.27. The van der Waals surface area contributed by atoms with Crippen molar-refractivity contribution in [1.82, 2.24) is 10.7 Å². The fraction of sp³-hybridized carbons (Fsp3) is 0.583. The monoisotopic (exact) mass is 254 g/mol. The van der Waals surface area contributed by atoms with Crippen LogP contribution in [-0.2, 0) is 5.41 Å². The molecule has 0 spiro atoms. The molecule has 1 heterocycles. The zero-order valence-corrected chi connectivity index (χ0v) is 11.6. The first-order valence-electron chi connectivity index (χ1n) is 5.89. The second-order valence-electron chi connectivity index (χ2n) is 4.60. The molecule has 0 bridgehead atoms. The Morgan fingerprint density at radius 2 is 2.29 bits per heavy atom. The van der Waals surface area contributed by atoms with E-state index in [1.165, 1.54) is 4.88 Å². The highest BCUT2D eigenvalue weighted by molar-refractivity contribution is 7.10. The minimum atomic E-state index is 0.0458. The first kappa shape index (κ1) is 14.0. The first-order valence-corrected chi connectivity index (χ1v) is 6.77. The Labute approximate surface area is 107 Å². The summed E-state index contributed by atoms with van der Waals surface area (Å²) in [6.07, 6.45) is 1.05. The molecule has 0 amide bonds. The molecule has 1 rings (SSSR count). The Kier molecular flexibility index (Phi) is 5.44. The van der Waals surface area contributed by atoms with Crippen LogP contribution in [-0.4, -0.2) is 19.0 Å². The van der Waals surface area contributed by atoms with Crippen LogP contribution in [0.15, 0.2) is 22.5 Å². The summed E-state index contributed by atoms with van der Waals surface area (Å²) in [4.78, 5) is 5.82. The zero-order chi connectivity index (χ0) is 12.7. The third kappa shape index (κ3) is 4.36. The molecule has 0 saturated heterocycles. The van der Waals surface area contributed by atoms with Gasteiger partial charge >= 0.3 is 0 Å². The van der Waals surface area contributed by atoms with Gasteiger partial charge in [0.05, 0.1) is 6.54 Å². The quantitative estimate of drug-likeness (QED) is 0.325. The van der Waals surface area contributed by atoms with Gasteiger partial charge in [-0.2, -0.15) is 0 Å². The third-order valence-electron chi connectivity index (χ3n) is 2.50. The Hall–Kier alpha value is -1.07. The maximum atomic E-state index is 5.42. The molecule has 0 atom stereocenters. The van der Waals surface area contributed by atoms with Crippen LogP contribution < -0.4 is 16.6 Å². The van der Waals surface area contributed by atoms with E-state index in [1.54, 1.807) is 11.3 Å². The molecule has 1 aromatic heterocycles. The van der Waals surface area contributed by atoms with Gasteiger partial charge in [-0.05, 0) is 17.9 Å². The van der Waals surface area contributed by atoms with E-state index in [9.17, 15) is 0 Å². The van der Waals surface area contributed by atoms with Gasteiger partial charge in [-0.3, -0.25) is 10.4 Å². The molecule has 0 unspecified atom stereocenters. The average Bonchev–Trinajstić information content (AvgIpc) is 2.83. The van der Waals surface area contributed by atoms with Gasteiger partial charge in [0.25, 0.3) is 0 Å². The van der Waals surface area contributed by atoms with Crippen molar-refractivity contribution in [3.63, 3.8) is 0 Å². The summed E-state index contributed by atoms with van der Waals surface area (Å²) < 4.78 is 0. The summed E-state index contributed by atoms with van der Waals surface area (Å²) >= 11 is 1.77. The number of guanidine groups is 1. The highest BCUT2D eigenvalue weighted by Gasteiger charge is 2.21. The molecule has 4 nitrogen and oxygen atoms in total. The predicted molar refractivity (Wildman–Crippen MR) is 75.3 cm³/mol. The molecule has 0 aliphatic rings. The van der Waals surface area contributed by atoms with Crippen molar-refractivity contribution >= 4 is 17.3 Å². The van der Waals surface area contributed by atoms with Gasteiger partial charge in [0, 0.05) is 16.8 Å². The summed E-state index contributed by atoms with van der Waals surface area (Å²) in [6.45, 7) is 8.08. The number of hydrogen-bond acceptors (Lipinski definition) is 3. The van der Waals surface area contributed by atoms with Crippen LogP contribution in [0.4, 0.5) is 0 Å². The number of nitrogens with one attached hydrogen (secondary N) is 2. The molecule has 0 radical (unpaired) electrons. The standard InChI is InChI=1S/C12H22N4S/c1-4-7-14-11(16-13)15-9-12(2,3)10-6-5-8-17-10/h5-6,8H,4,7,9,13H2,1-3H3,(H2,14,15,16). The molecule has 0 aliphatic heterocycles. The van der Waals surface area contributed by atoms with Crippen LogP contribution >= 0.6 is 11.3 Å². The largest absolute Gasteiger partial charge is 0.355 e. The average molecular weight is 254 g/mol. The molecule has 17 heavy (non-hydrogen) atoms. The lowest BCUT2D eigenvalue weighted by Gasteiger charge is -2.21. The molecule has 4 N–H and O–H groups in total. The topological polar surface area (TPSA) is 62.4 Å². The molecule has 0 fully saturated rings. The molecule has 0 saturated carbocycles. The van der Waals surface area contributed by atoms with E-state index in [-0.39, 0.29) is 5.41 Å². The number of thiophene rings is 1. The third-order valence-corrected chi connectivity index (χ3v) is 3.74. The van der Waals surface area contributed by atoms with Gasteiger partial charge in [-0.25, -0.2) is 5.84 Å². The van der Waals surface area contributed by atoms with Crippen LogP contribution in [0, 0.1) is 0 Å². The number of hydrazine groups is 1. The summed E-state index contributed by atoms with van der Waals surface area (Å²) in [7, 11) is 0. The smallest absolute Gasteiger partial charge is 0.205 e. The maximum absolute atomic E-state index is 5.42. The van der Waals surface area contributed by atoms with Crippen LogP contribution in [0.25, 0.3) is 0 Å². The zero-order valence-electron chi connectivity index (χ0n) is 10.8. The minimum Gasteiger partial charge on any atom is -0.355 e.